The predicted molar refractivity (Wildman–Crippen MR) is 153 cm³/mol. The molecule has 2 aliphatic heterocycles. The lowest BCUT2D eigenvalue weighted by Gasteiger charge is -2.50. The van der Waals surface area contributed by atoms with Crippen LogP contribution in [0.2, 0.25) is 0 Å². The quantitative estimate of drug-likeness (QED) is 0.115. The summed E-state index contributed by atoms with van der Waals surface area (Å²) in [7, 11) is 0. The number of nitrogens with zero attached hydrogens (tertiary/aromatic N) is 2. The van der Waals surface area contributed by atoms with Crippen LogP contribution in [0.4, 0.5) is 27.6 Å². The molecule has 2 N–H and O–H groups in total. The first kappa shape index (κ1) is 32.9. The molecule has 0 spiro atoms. The van der Waals surface area contributed by atoms with E-state index in [9.17, 15) is 42.3 Å². The number of fused-ring (bicyclic) bond motifs is 4. The minimum atomic E-state index is -2.69. The van der Waals surface area contributed by atoms with Crippen molar-refractivity contribution in [1.82, 2.24) is 4.90 Å². The molecule has 9 nitrogen and oxygen atoms in total. The lowest BCUT2D eigenvalue weighted by atomic mass is 9.56. The minimum absolute atomic E-state index is 0.0804. The zero-order valence-electron chi connectivity index (χ0n) is 24.3. The van der Waals surface area contributed by atoms with E-state index in [0.29, 0.717) is 0 Å². The summed E-state index contributed by atoms with van der Waals surface area (Å²) in [6.07, 6.45) is 0.215. The average molecular weight is 701 g/mol. The number of aromatic hydroxyl groups is 1. The Balaban J connectivity index is 1.58. The zero-order chi connectivity index (χ0) is 34.7. The van der Waals surface area contributed by atoms with Gasteiger partial charge in [0.1, 0.15) is 11.4 Å². The van der Waals surface area contributed by atoms with Crippen LogP contribution in [0.5, 0.6) is 5.75 Å². The Kier molecular flexibility index (Phi) is 7.51. The van der Waals surface area contributed by atoms with Gasteiger partial charge in [-0.2, -0.15) is 0 Å². The fourth-order valence-electron chi connectivity index (χ4n) is 7.59. The van der Waals surface area contributed by atoms with Crippen LogP contribution in [-0.2, 0) is 24.0 Å². The number of alkyl halides is 2. The number of allylic oxidation sites excluding steroid dienone is 2. The van der Waals surface area contributed by atoms with Crippen molar-refractivity contribution in [3.8, 4) is 5.75 Å². The van der Waals surface area contributed by atoms with Gasteiger partial charge < -0.3 is 10.2 Å². The van der Waals surface area contributed by atoms with Crippen LogP contribution in [0.15, 0.2) is 23.8 Å². The number of rotatable bonds is 5. The van der Waals surface area contributed by atoms with Gasteiger partial charge in [0.2, 0.25) is 17.6 Å². The lowest BCUT2D eigenvalue weighted by Crippen LogP contribution is -2.60. The molecular weight excluding hydrogens is 678 g/mol. The first-order chi connectivity index (χ1) is 21.9. The molecule has 2 aromatic carbocycles. The highest BCUT2D eigenvalue weighted by molar-refractivity contribution is 6.58. The monoisotopic (exact) mass is 700 g/mol. The van der Waals surface area contributed by atoms with Gasteiger partial charge in [-0.25, -0.2) is 26.9 Å². The molecule has 2 aliphatic carbocycles. The first-order valence-electron chi connectivity index (χ1n) is 14.2. The smallest absolute Gasteiger partial charge is 0.305 e. The number of halogens is 7. The number of aliphatic carboxylic acids is 1. The van der Waals surface area contributed by atoms with E-state index in [2.05, 4.69) is 0 Å². The number of amides is 4. The van der Waals surface area contributed by atoms with E-state index in [4.69, 9.17) is 28.3 Å². The highest BCUT2D eigenvalue weighted by Crippen LogP contribution is 2.66. The van der Waals surface area contributed by atoms with Crippen LogP contribution in [0.1, 0.15) is 41.9 Å². The maximum Gasteiger partial charge on any atom is 0.305 e. The van der Waals surface area contributed by atoms with E-state index in [1.165, 1.54) is 32.1 Å². The molecule has 2 saturated heterocycles. The van der Waals surface area contributed by atoms with Gasteiger partial charge >= 0.3 is 5.97 Å². The Morgan fingerprint density at radius 3 is 2.00 bits per heavy atom. The van der Waals surface area contributed by atoms with Crippen LogP contribution in [0, 0.1) is 60.7 Å². The molecule has 248 valence electrons. The van der Waals surface area contributed by atoms with Crippen LogP contribution < -0.4 is 4.90 Å². The molecule has 0 radical (unpaired) electrons. The van der Waals surface area contributed by atoms with Gasteiger partial charge in [0, 0.05) is 12.5 Å². The number of carboxylic acid groups (broad SMARTS) is 1. The van der Waals surface area contributed by atoms with Crippen molar-refractivity contribution in [3.05, 3.63) is 69.6 Å². The number of benzene rings is 2. The molecule has 4 aliphatic rings. The van der Waals surface area contributed by atoms with Crippen molar-refractivity contribution in [2.75, 3.05) is 11.4 Å². The van der Waals surface area contributed by atoms with Gasteiger partial charge in [-0.15, -0.1) is 23.2 Å². The van der Waals surface area contributed by atoms with E-state index in [1.807, 2.05) is 0 Å². The third-order valence-corrected chi connectivity index (χ3v) is 11.1. The number of likely N-dealkylation sites (tertiary alicyclic amines) is 1. The molecule has 0 bridgehead atoms. The Labute approximate surface area is 272 Å². The maximum absolute atomic E-state index is 15.1. The van der Waals surface area contributed by atoms with Crippen molar-refractivity contribution in [1.29, 1.82) is 0 Å². The molecule has 3 fully saturated rings. The van der Waals surface area contributed by atoms with Gasteiger partial charge in [0.15, 0.2) is 33.0 Å². The van der Waals surface area contributed by atoms with E-state index < -0.39 is 117 Å². The van der Waals surface area contributed by atoms with Crippen molar-refractivity contribution in [2.24, 2.45) is 17.8 Å². The summed E-state index contributed by atoms with van der Waals surface area (Å²) >= 11 is 14.1. The molecule has 6 unspecified atom stereocenters. The molecule has 1 saturated carbocycles. The number of hydrogen-bond donors (Lipinski definition) is 2. The number of carbonyl (C=O) groups excluding carboxylic acids is 4. The van der Waals surface area contributed by atoms with Crippen molar-refractivity contribution < 1.29 is 56.1 Å². The molecule has 2 aromatic rings. The number of phenolic OH excluding ortho intramolecular Hbond substituents is 1. The summed E-state index contributed by atoms with van der Waals surface area (Å²) in [4.78, 5) is 61.8. The van der Waals surface area contributed by atoms with Crippen LogP contribution in [0.25, 0.3) is 0 Å². The Morgan fingerprint density at radius 2 is 1.45 bits per heavy atom. The van der Waals surface area contributed by atoms with Gasteiger partial charge in [-0.05, 0) is 49.3 Å². The average Bonchev–Trinajstić information content (AvgIpc) is 3.34. The zero-order valence-corrected chi connectivity index (χ0v) is 25.9. The maximum atomic E-state index is 15.1. The predicted octanol–water partition coefficient (Wildman–Crippen LogP) is 4.74. The molecule has 16 heteroatoms. The fourth-order valence-corrected chi connectivity index (χ4v) is 8.52. The third-order valence-electron chi connectivity index (χ3n) is 9.71. The summed E-state index contributed by atoms with van der Waals surface area (Å²) in [6.45, 7) is 2.57. The van der Waals surface area contributed by atoms with Gasteiger partial charge in [0.25, 0.3) is 11.8 Å². The number of aryl methyl sites for hydroxylation is 2. The summed E-state index contributed by atoms with van der Waals surface area (Å²) < 4.78 is 72.9. The number of phenols is 1. The summed E-state index contributed by atoms with van der Waals surface area (Å²) in [5.41, 5.74) is -0.935. The normalized spacial score (nSPS) is 30.0. The SMILES string of the molecule is Cc1cc(C2C3=CCC4C(=O)N(CCC(=O)O)C(=O)C4C3CC3(Cl)C(=O)N(c4c(F)c(F)c(F)c(F)c4F)C(=O)C23Cl)cc(C)c1O. The van der Waals surface area contributed by atoms with Crippen molar-refractivity contribution in [2.45, 2.75) is 48.8 Å². The second kappa shape index (κ2) is 10.7. The number of hydrogen-bond acceptors (Lipinski definition) is 6. The molecular formula is C31H23Cl2F5N2O7. The molecule has 47 heavy (non-hydrogen) atoms. The second-order valence-electron chi connectivity index (χ2n) is 12.2. The topological polar surface area (TPSA) is 132 Å². The lowest BCUT2D eigenvalue weighted by molar-refractivity contribution is -0.142. The Bertz CT molecular complexity index is 1840. The highest BCUT2D eigenvalue weighted by Gasteiger charge is 2.77. The number of imide groups is 2. The van der Waals surface area contributed by atoms with Gasteiger partial charge in [0.05, 0.1) is 18.3 Å². The number of anilines is 1. The van der Waals surface area contributed by atoms with Crippen LogP contribution in [0.3, 0.4) is 0 Å². The van der Waals surface area contributed by atoms with E-state index in [1.54, 1.807) is 0 Å². The first-order valence-corrected chi connectivity index (χ1v) is 15.0. The van der Waals surface area contributed by atoms with Gasteiger partial charge in [-0.1, -0.05) is 23.8 Å². The summed E-state index contributed by atoms with van der Waals surface area (Å²) in [5, 5.41) is 19.6. The summed E-state index contributed by atoms with van der Waals surface area (Å²) in [5.74, 6) is -23.3. The van der Waals surface area contributed by atoms with E-state index in [0.717, 1.165) is 4.90 Å². The molecule has 6 atom stereocenters. The Hall–Kier alpha value is -4.04. The fraction of sp³-hybridized carbons (Fsp3) is 0.387. The molecule has 2 heterocycles. The van der Waals surface area contributed by atoms with Crippen molar-refractivity contribution in [3.63, 3.8) is 0 Å². The standard InChI is InChI=1S/C31H23Cl2F5N2O7/c1-10-7-12(8-11(2)25(10)43)18-13-3-4-14-17(27(45)39(26(14)44)6-5-16(41)42)15(13)9-30(32)28(46)40(29(47)31(18,30)33)24-22(37)20(35)19(34)21(36)23(24)38/h3,7-8,14-15,17-18,43H,4-6,9H2,1-2H3,(H,41,42). The third kappa shape index (κ3) is 4.22. The summed E-state index contributed by atoms with van der Waals surface area (Å²) in [6, 6.07) is 2.81. The van der Waals surface area contributed by atoms with E-state index >= 15 is 8.78 Å². The van der Waals surface area contributed by atoms with Crippen molar-refractivity contribution >= 4 is 58.5 Å². The molecule has 0 aromatic heterocycles. The van der Waals surface area contributed by atoms with Gasteiger partial charge in [-0.3, -0.25) is 28.9 Å². The van der Waals surface area contributed by atoms with Crippen LogP contribution >= 0.6 is 23.2 Å². The second-order valence-corrected chi connectivity index (χ2v) is 13.4. The van der Waals surface area contributed by atoms with Crippen LogP contribution in [-0.4, -0.2) is 61.0 Å². The minimum Gasteiger partial charge on any atom is -0.507 e. The Morgan fingerprint density at radius 1 is 0.894 bits per heavy atom. The number of carboxylic acids is 1. The van der Waals surface area contributed by atoms with E-state index in [-0.39, 0.29) is 39.3 Å². The molecule has 4 amide bonds. The number of carbonyl (C=O) groups is 5. The highest BCUT2D eigenvalue weighted by atomic mass is 35.5. The largest absolute Gasteiger partial charge is 0.507 e. The molecule has 6 rings (SSSR count).